The zero-order valence-electron chi connectivity index (χ0n) is 13.4. The van der Waals surface area contributed by atoms with Crippen molar-refractivity contribution in [2.24, 2.45) is 0 Å². The van der Waals surface area contributed by atoms with Crippen LogP contribution >= 0.6 is 0 Å². The van der Waals surface area contributed by atoms with E-state index in [-0.39, 0.29) is 19.1 Å². The molecule has 4 rings (SSSR count). The first-order chi connectivity index (χ1) is 12.0. The molecule has 0 bridgehead atoms. The van der Waals surface area contributed by atoms with Gasteiger partial charge in [-0.3, -0.25) is 9.78 Å². The number of morpholine rings is 1. The van der Waals surface area contributed by atoms with Gasteiger partial charge < -0.3 is 14.7 Å². The lowest BCUT2D eigenvalue weighted by Gasteiger charge is -2.31. The number of carbonyl (C=O) groups excluding carboxylic acids is 1. The largest absolute Gasteiger partial charge is 0.479 e. The second kappa shape index (κ2) is 6.07. The van der Waals surface area contributed by atoms with E-state index in [0.29, 0.717) is 28.9 Å². The predicted molar refractivity (Wildman–Crippen MR) is 87.0 cm³/mol. The monoisotopic (exact) mass is 344 g/mol. The Morgan fingerprint density at radius 1 is 1.28 bits per heavy atom. The number of hydrogen-bond donors (Lipinski definition) is 1. The maximum atomic E-state index is 13.7. The number of carbonyl (C=O) groups is 2. The quantitative estimate of drug-likeness (QED) is 0.923. The summed E-state index contributed by atoms with van der Waals surface area (Å²) in [5.74, 6) is -1.50. The van der Waals surface area contributed by atoms with Crippen LogP contribution in [0, 0.1) is 5.82 Å². The van der Waals surface area contributed by atoms with Gasteiger partial charge in [-0.1, -0.05) is 0 Å². The highest BCUT2D eigenvalue weighted by atomic mass is 19.1. The summed E-state index contributed by atoms with van der Waals surface area (Å²) in [5, 5.41) is 9.57. The van der Waals surface area contributed by atoms with Crippen LogP contribution in [0.25, 0.3) is 10.9 Å². The Morgan fingerprint density at radius 2 is 2.08 bits per heavy atom. The van der Waals surface area contributed by atoms with E-state index in [9.17, 15) is 14.0 Å². The Bertz CT molecular complexity index is 866. The Balaban J connectivity index is 1.75. The van der Waals surface area contributed by atoms with Gasteiger partial charge in [0.15, 0.2) is 6.10 Å². The van der Waals surface area contributed by atoms with Gasteiger partial charge in [-0.2, -0.15) is 0 Å². The van der Waals surface area contributed by atoms with Gasteiger partial charge in [-0.05, 0) is 37.1 Å². The van der Waals surface area contributed by atoms with Crippen LogP contribution in [0.3, 0.4) is 0 Å². The summed E-state index contributed by atoms with van der Waals surface area (Å²) >= 11 is 0. The van der Waals surface area contributed by atoms with Gasteiger partial charge in [0.1, 0.15) is 5.82 Å². The SMILES string of the molecule is O=C(O)C1CN(C(=O)c2cc(C3CC3)nc3ccc(F)cc23)CCO1. The molecule has 0 spiro atoms. The van der Waals surface area contributed by atoms with Crippen LogP contribution in [-0.4, -0.2) is 52.7 Å². The number of amides is 1. The van der Waals surface area contributed by atoms with Crippen LogP contribution < -0.4 is 0 Å². The topological polar surface area (TPSA) is 79.7 Å². The number of aliphatic carboxylic acids is 1. The average Bonchev–Trinajstić information content (AvgIpc) is 3.45. The summed E-state index contributed by atoms with van der Waals surface area (Å²) in [6.45, 7) is 0.447. The molecule has 1 amide bonds. The molecule has 130 valence electrons. The number of rotatable bonds is 3. The molecule has 0 radical (unpaired) electrons. The fraction of sp³-hybridized carbons (Fsp3) is 0.389. The molecule has 1 aliphatic carbocycles. The fourth-order valence-electron chi connectivity index (χ4n) is 3.14. The molecular formula is C18H17FN2O4. The molecule has 1 aromatic carbocycles. The first-order valence-electron chi connectivity index (χ1n) is 8.27. The number of fused-ring (bicyclic) bond motifs is 1. The van der Waals surface area contributed by atoms with Crippen molar-refractivity contribution in [3.63, 3.8) is 0 Å². The van der Waals surface area contributed by atoms with Crippen molar-refractivity contribution in [3.8, 4) is 0 Å². The number of nitrogens with zero attached hydrogens (tertiary/aromatic N) is 2. The third kappa shape index (κ3) is 3.07. The summed E-state index contributed by atoms with van der Waals surface area (Å²) in [4.78, 5) is 30.2. The number of hydrogen-bond acceptors (Lipinski definition) is 4. The predicted octanol–water partition coefficient (Wildman–Crippen LogP) is 2.18. The third-order valence-electron chi connectivity index (χ3n) is 4.65. The maximum Gasteiger partial charge on any atom is 0.334 e. The molecule has 7 heteroatoms. The van der Waals surface area contributed by atoms with E-state index in [1.165, 1.54) is 17.0 Å². The number of carboxylic acid groups (broad SMARTS) is 1. The molecule has 1 atom stereocenters. The number of pyridine rings is 1. The summed E-state index contributed by atoms with van der Waals surface area (Å²) in [7, 11) is 0. The Kier molecular flexibility index (Phi) is 3.88. The van der Waals surface area contributed by atoms with Crippen molar-refractivity contribution in [3.05, 3.63) is 41.3 Å². The number of carboxylic acids is 1. The van der Waals surface area contributed by atoms with Crippen LogP contribution in [0.1, 0.15) is 34.8 Å². The lowest BCUT2D eigenvalue weighted by atomic mass is 10.0. The molecule has 1 unspecified atom stereocenters. The van der Waals surface area contributed by atoms with E-state index in [1.54, 1.807) is 12.1 Å². The van der Waals surface area contributed by atoms with E-state index in [0.717, 1.165) is 18.5 Å². The van der Waals surface area contributed by atoms with Crippen molar-refractivity contribution in [2.75, 3.05) is 19.7 Å². The molecule has 1 N–H and O–H groups in total. The number of halogens is 1. The van der Waals surface area contributed by atoms with Crippen LogP contribution in [0.15, 0.2) is 24.3 Å². The van der Waals surface area contributed by atoms with Gasteiger partial charge in [0.25, 0.3) is 5.91 Å². The van der Waals surface area contributed by atoms with Crippen molar-refractivity contribution in [1.29, 1.82) is 0 Å². The van der Waals surface area contributed by atoms with Crippen molar-refractivity contribution >= 4 is 22.8 Å². The lowest BCUT2D eigenvalue weighted by Crippen LogP contribution is -2.48. The molecule has 2 fully saturated rings. The Hall–Kier alpha value is -2.54. The first-order valence-corrected chi connectivity index (χ1v) is 8.27. The average molecular weight is 344 g/mol. The molecule has 6 nitrogen and oxygen atoms in total. The van der Waals surface area contributed by atoms with Gasteiger partial charge in [0.05, 0.1) is 24.2 Å². The molecule has 25 heavy (non-hydrogen) atoms. The van der Waals surface area contributed by atoms with E-state index >= 15 is 0 Å². The second-order valence-electron chi connectivity index (χ2n) is 6.48. The van der Waals surface area contributed by atoms with Crippen LogP contribution in [-0.2, 0) is 9.53 Å². The summed E-state index contributed by atoms with van der Waals surface area (Å²) < 4.78 is 18.9. The summed E-state index contributed by atoms with van der Waals surface area (Å²) in [6, 6.07) is 5.94. The molecule has 1 saturated heterocycles. The van der Waals surface area contributed by atoms with Crippen LogP contribution in [0.2, 0.25) is 0 Å². The molecular weight excluding hydrogens is 327 g/mol. The second-order valence-corrected chi connectivity index (χ2v) is 6.48. The third-order valence-corrected chi connectivity index (χ3v) is 4.65. The number of aromatic nitrogens is 1. The minimum atomic E-state index is -1.10. The summed E-state index contributed by atoms with van der Waals surface area (Å²) in [5.41, 5.74) is 1.79. The Morgan fingerprint density at radius 3 is 2.80 bits per heavy atom. The first kappa shape index (κ1) is 16.0. The molecule has 2 aliphatic rings. The zero-order chi connectivity index (χ0) is 17.6. The van der Waals surface area contributed by atoms with Crippen LogP contribution in [0.5, 0.6) is 0 Å². The van der Waals surface area contributed by atoms with E-state index in [2.05, 4.69) is 4.98 Å². The van der Waals surface area contributed by atoms with Gasteiger partial charge in [-0.25, -0.2) is 9.18 Å². The van der Waals surface area contributed by atoms with Crippen molar-refractivity contribution in [2.45, 2.75) is 24.9 Å². The fourth-order valence-corrected chi connectivity index (χ4v) is 3.14. The molecule has 1 aromatic heterocycles. The zero-order valence-corrected chi connectivity index (χ0v) is 13.4. The highest BCUT2D eigenvalue weighted by Gasteiger charge is 2.32. The molecule has 2 aromatic rings. The number of benzene rings is 1. The smallest absolute Gasteiger partial charge is 0.334 e. The minimum absolute atomic E-state index is 0.0218. The van der Waals surface area contributed by atoms with E-state index in [4.69, 9.17) is 9.84 Å². The van der Waals surface area contributed by atoms with Gasteiger partial charge in [-0.15, -0.1) is 0 Å². The van der Waals surface area contributed by atoms with Crippen LogP contribution in [0.4, 0.5) is 4.39 Å². The normalized spacial score (nSPS) is 20.7. The molecule has 1 saturated carbocycles. The number of ether oxygens (including phenoxy) is 1. The van der Waals surface area contributed by atoms with Crippen molar-refractivity contribution < 1.29 is 23.8 Å². The highest BCUT2D eigenvalue weighted by molar-refractivity contribution is 6.06. The maximum absolute atomic E-state index is 13.7. The summed E-state index contributed by atoms with van der Waals surface area (Å²) in [6.07, 6.45) is 1.03. The van der Waals surface area contributed by atoms with Crippen molar-refractivity contribution in [1.82, 2.24) is 9.88 Å². The van der Waals surface area contributed by atoms with Gasteiger partial charge in [0.2, 0.25) is 0 Å². The molecule has 2 heterocycles. The Labute approximate surface area is 143 Å². The lowest BCUT2D eigenvalue weighted by molar-refractivity contribution is -0.154. The molecule has 1 aliphatic heterocycles. The minimum Gasteiger partial charge on any atom is -0.479 e. The van der Waals surface area contributed by atoms with E-state index in [1.807, 2.05) is 0 Å². The standard InChI is InChI=1S/C18H17FN2O4/c19-11-3-4-14-12(7-11)13(8-15(20-14)10-1-2-10)17(22)21-5-6-25-16(9-21)18(23)24/h3-4,7-8,10,16H,1-2,5-6,9H2,(H,23,24). The van der Waals surface area contributed by atoms with Gasteiger partial charge >= 0.3 is 5.97 Å². The van der Waals surface area contributed by atoms with E-state index < -0.39 is 17.9 Å². The highest BCUT2D eigenvalue weighted by Crippen LogP contribution is 2.40. The van der Waals surface area contributed by atoms with Gasteiger partial charge in [0, 0.05) is 23.5 Å².